The minimum Gasteiger partial charge on any atom is -0.481 e. The number of carboxylic acid groups (broad SMARTS) is 1. The Morgan fingerprint density at radius 2 is 1.76 bits per heavy atom. The number of halogens is 2. The monoisotopic (exact) mass is 575 g/mol. The second kappa shape index (κ2) is 15.0. The molecule has 1 aliphatic heterocycles. The van der Waals surface area contributed by atoms with Crippen molar-refractivity contribution < 1.29 is 18.9 Å². The molecular weight excluding hydrogens is 545 g/mol. The normalized spacial score (nSPS) is 18.7. The number of carbonyl (C=O) groups is 2. The van der Waals surface area contributed by atoms with E-state index in [0.717, 1.165) is 10.6 Å². The van der Waals surface area contributed by atoms with Gasteiger partial charge in [-0.25, -0.2) is 8.93 Å². The Hall–Kier alpha value is -2.78. The summed E-state index contributed by atoms with van der Waals surface area (Å²) in [6.45, 7) is 2.28. The number of piperidine rings is 1. The van der Waals surface area contributed by atoms with Crippen molar-refractivity contribution in [3.8, 4) is 0 Å². The van der Waals surface area contributed by atoms with Crippen LogP contribution in [0, 0.1) is 5.92 Å². The van der Waals surface area contributed by atoms with Gasteiger partial charge in [-0.3, -0.25) is 14.6 Å². The van der Waals surface area contributed by atoms with Gasteiger partial charge >= 0.3 is 5.97 Å². The van der Waals surface area contributed by atoms with Gasteiger partial charge in [-0.1, -0.05) is 60.5 Å². The molecule has 202 valence electrons. The lowest BCUT2D eigenvalue weighted by Gasteiger charge is -2.44. The van der Waals surface area contributed by atoms with E-state index in [9.17, 15) is 18.9 Å². The van der Waals surface area contributed by atoms with Crippen LogP contribution in [0.25, 0.3) is 0 Å². The predicted molar refractivity (Wildman–Crippen MR) is 150 cm³/mol. The number of carboxylic acids is 1. The van der Waals surface area contributed by atoms with Crippen LogP contribution >= 0.6 is 23.2 Å². The summed E-state index contributed by atoms with van der Waals surface area (Å²) in [5.74, 6) is -1.71. The van der Waals surface area contributed by atoms with E-state index in [-0.39, 0.29) is 24.4 Å². The summed E-state index contributed by atoms with van der Waals surface area (Å²) in [5.41, 5.74) is 0.957. The number of hydrogen-bond acceptors (Lipinski definition) is 4. The fraction of sp³-hybridized carbons (Fsp3) is 0.321. The van der Waals surface area contributed by atoms with Gasteiger partial charge in [0.1, 0.15) is 11.0 Å². The Kier molecular flexibility index (Phi) is 11.7. The van der Waals surface area contributed by atoms with E-state index in [0.29, 0.717) is 35.7 Å². The fourth-order valence-electron chi connectivity index (χ4n) is 4.40. The first-order chi connectivity index (χ1) is 18.3. The molecule has 2 N–H and O–H groups in total. The summed E-state index contributed by atoms with van der Waals surface area (Å²) in [5, 5.41) is 10.6. The zero-order chi connectivity index (χ0) is 27.5. The molecule has 3 unspecified atom stereocenters. The van der Waals surface area contributed by atoms with Crippen molar-refractivity contribution in [2.45, 2.75) is 49.6 Å². The van der Waals surface area contributed by atoms with Gasteiger partial charge in [0.05, 0.1) is 17.4 Å². The summed E-state index contributed by atoms with van der Waals surface area (Å²) in [6.07, 6.45) is 4.77. The Morgan fingerprint density at radius 1 is 1.08 bits per heavy atom. The largest absolute Gasteiger partial charge is 0.481 e. The first kappa shape index (κ1) is 29.8. The molecule has 0 bridgehead atoms. The molecule has 3 aromatic rings. The summed E-state index contributed by atoms with van der Waals surface area (Å²) in [7, 11) is -1.46. The zero-order valence-corrected chi connectivity index (χ0v) is 23.3. The quantitative estimate of drug-likeness (QED) is 0.330. The van der Waals surface area contributed by atoms with Gasteiger partial charge in [0.25, 0.3) is 0 Å². The number of rotatable bonds is 9. The molecule has 10 heteroatoms. The van der Waals surface area contributed by atoms with Gasteiger partial charge < -0.3 is 10.0 Å². The Balaban J connectivity index is 0.000000494. The number of aromatic nitrogens is 1. The fourth-order valence-corrected chi connectivity index (χ4v) is 5.54. The molecule has 2 heterocycles. The van der Waals surface area contributed by atoms with Crippen molar-refractivity contribution in [1.29, 1.82) is 0 Å². The van der Waals surface area contributed by atoms with Crippen LogP contribution in [-0.4, -0.2) is 43.7 Å². The second-order valence-corrected chi connectivity index (χ2v) is 11.0. The Labute approximate surface area is 235 Å². The van der Waals surface area contributed by atoms with Crippen LogP contribution in [0.4, 0.5) is 0 Å². The zero-order valence-electron chi connectivity index (χ0n) is 21.0. The van der Waals surface area contributed by atoms with E-state index in [1.165, 1.54) is 6.20 Å². The highest BCUT2D eigenvalue weighted by Crippen LogP contribution is 2.38. The number of carbonyl (C=O) groups excluding carboxylic acids is 1. The maximum Gasteiger partial charge on any atom is 0.304 e. The predicted octanol–water partition coefficient (Wildman–Crippen LogP) is 5.92. The molecule has 0 saturated carbocycles. The first-order valence-electron chi connectivity index (χ1n) is 12.4. The summed E-state index contributed by atoms with van der Waals surface area (Å²) >= 11 is 11.6. The highest BCUT2D eigenvalue weighted by molar-refractivity contribution is 7.83. The van der Waals surface area contributed by atoms with Gasteiger partial charge in [0, 0.05) is 40.9 Å². The lowest BCUT2D eigenvalue weighted by Crippen LogP contribution is -2.52. The van der Waals surface area contributed by atoms with Gasteiger partial charge in [0.2, 0.25) is 5.91 Å². The summed E-state index contributed by atoms with van der Waals surface area (Å²) < 4.78 is 15.6. The molecule has 1 aliphatic rings. The number of nitrogens with zero attached hydrogens (tertiary/aromatic N) is 2. The SMILES string of the molecule is CC[C@@H](CNS(=O)c1cccnc1)N1C(=O)C(CC(=O)O)CCC1c1ccc(Cl)cc1.Clc1ccccc1. The van der Waals surface area contributed by atoms with E-state index in [2.05, 4.69) is 9.71 Å². The third-order valence-corrected chi connectivity index (χ3v) is 7.90. The lowest BCUT2D eigenvalue weighted by molar-refractivity contribution is -0.151. The molecule has 1 saturated heterocycles. The highest BCUT2D eigenvalue weighted by atomic mass is 35.5. The number of benzene rings is 2. The third kappa shape index (κ3) is 8.63. The van der Waals surface area contributed by atoms with Crippen LogP contribution in [0.1, 0.15) is 44.2 Å². The van der Waals surface area contributed by atoms with Crippen LogP contribution in [0.3, 0.4) is 0 Å². The average Bonchev–Trinajstić information content (AvgIpc) is 2.92. The number of amides is 1. The molecule has 1 amide bonds. The first-order valence-corrected chi connectivity index (χ1v) is 14.3. The molecule has 4 atom stereocenters. The van der Waals surface area contributed by atoms with E-state index >= 15 is 0 Å². The molecule has 4 rings (SSSR count). The molecule has 7 nitrogen and oxygen atoms in total. The molecule has 2 aromatic carbocycles. The minimum absolute atomic E-state index is 0.172. The smallest absolute Gasteiger partial charge is 0.304 e. The number of nitrogens with one attached hydrogen (secondary N) is 1. The second-order valence-electron chi connectivity index (χ2n) is 8.85. The van der Waals surface area contributed by atoms with E-state index in [4.69, 9.17) is 23.2 Å². The number of pyridine rings is 1. The van der Waals surface area contributed by atoms with Crippen molar-refractivity contribution in [3.63, 3.8) is 0 Å². The molecule has 0 radical (unpaired) electrons. The van der Waals surface area contributed by atoms with Gasteiger partial charge in [0.15, 0.2) is 0 Å². The van der Waals surface area contributed by atoms with Crippen molar-refractivity contribution in [2.24, 2.45) is 5.92 Å². The van der Waals surface area contributed by atoms with Crippen LogP contribution < -0.4 is 4.72 Å². The number of aliphatic carboxylic acids is 1. The molecular formula is C28H31Cl2N3O4S. The Morgan fingerprint density at radius 3 is 2.32 bits per heavy atom. The van der Waals surface area contributed by atoms with E-state index in [1.807, 2.05) is 49.4 Å². The van der Waals surface area contributed by atoms with E-state index in [1.54, 1.807) is 35.4 Å². The van der Waals surface area contributed by atoms with Crippen LogP contribution in [-0.2, 0) is 20.6 Å². The van der Waals surface area contributed by atoms with Crippen LogP contribution in [0.15, 0.2) is 84.0 Å². The standard InChI is InChI=1S/C22H26ClN3O4S.C6H5Cl/c1-2-18(13-25-31(30)19-4-3-11-24-14-19)26-20(15-5-8-17(23)9-6-15)10-7-16(22(26)29)12-21(27)28;7-6-4-2-1-3-5-6/h3-6,8-9,11,14,16,18,20,25H,2,7,10,12-13H2,1H3,(H,27,28);1-5H/t16?,18-,20?,31?;/m0./s1. The topological polar surface area (TPSA) is 99.6 Å². The molecule has 38 heavy (non-hydrogen) atoms. The highest BCUT2D eigenvalue weighted by Gasteiger charge is 2.40. The van der Waals surface area contributed by atoms with Crippen molar-refractivity contribution in [3.05, 3.63) is 94.7 Å². The van der Waals surface area contributed by atoms with Gasteiger partial charge in [-0.05, 0) is 61.2 Å². The minimum atomic E-state index is -1.46. The van der Waals surface area contributed by atoms with Gasteiger partial charge in [-0.15, -0.1) is 0 Å². The van der Waals surface area contributed by atoms with Crippen molar-refractivity contribution in [2.75, 3.05) is 6.54 Å². The third-order valence-electron chi connectivity index (χ3n) is 6.30. The number of hydrogen-bond donors (Lipinski definition) is 2. The maximum atomic E-state index is 13.3. The average molecular weight is 577 g/mol. The maximum absolute atomic E-state index is 13.3. The lowest BCUT2D eigenvalue weighted by atomic mass is 9.85. The molecule has 0 spiro atoms. The van der Waals surface area contributed by atoms with E-state index < -0.39 is 22.9 Å². The van der Waals surface area contributed by atoms with Gasteiger partial charge in [-0.2, -0.15) is 0 Å². The van der Waals surface area contributed by atoms with Crippen molar-refractivity contribution in [1.82, 2.24) is 14.6 Å². The Bertz CT molecular complexity index is 1200. The molecule has 1 aromatic heterocycles. The summed E-state index contributed by atoms with van der Waals surface area (Å²) in [4.78, 5) is 31.0. The summed E-state index contributed by atoms with van der Waals surface area (Å²) in [6, 6.07) is 19.8. The molecule has 0 aliphatic carbocycles. The van der Waals surface area contributed by atoms with Crippen molar-refractivity contribution >= 4 is 46.1 Å². The molecule has 1 fully saturated rings. The number of likely N-dealkylation sites (tertiary alicyclic amines) is 1. The van der Waals surface area contributed by atoms with Crippen LogP contribution in [0.5, 0.6) is 0 Å². The van der Waals surface area contributed by atoms with Crippen LogP contribution in [0.2, 0.25) is 10.0 Å².